The van der Waals surface area contributed by atoms with Gasteiger partial charge < -0.3 is 20.0 Å². The van der Waals surface area contributed by atoms with E-state index in [-0.39, 0.29) is 42.1 Å². The van der Waals surface area contributed by atoms with Crippen LogP contribution in [0.25, 0.3) is 0 Å². The molecule has 2 aromatic rings. The number of nitrogens with one attached hydrogen (secondary N) is 1. The van der Waals surface area contributed by atoms with Crippen LogP contribution in [-0.4, -0.2) is 65.3 Å². The first kappa shape index (κ1) is 27.7. The number of likely N-dealkylation sites (N-methyl/N-ethyl adjacent to an activating group) is 1. The number of para-hydroxylation sites is 2. The van der Waals surface area contributed by atoms with Crippen molar-refractivity contribution in [2.24, 2.45) is 5.41 Å². The topological polar surface area (TPSA) is 96.8 Å². The fourth-order valence-corrected chi connectivity index (χ4v) is 6.79. The van der Waals surface area contributed by atoms with Crippen molar-refractivity contribution in [2.45, 2.75) is 83.5 Å². The van der Waals surface area contributed by atoms with Crippen molar-refractivity contribution in [3.8, 4) is 6.07 Å². The largest absolute Gasteiger partial charge is 0.357 e. The lowest BCUT2D eigenvalue weighted by Crippen LogP contribution is -2.57. The minimum absolute atomic E-state index is 0.102. The Morgan fingerprint density at radius 1 is 1.15 bits per heavy atom. The van der Waals surface area contributed by atoms with E-state index < -0.39 is 23.5 Å². The highest BCUT2D eigenvalue weighted by atomic mass is 16.2. The molecule has 1 saturated heterocycles. The molecule has 210 valence electrons. The maximum absolute atomic E-state index is 14.4. The molecule has 1 spiro atoms. The number of amides is 3. The van der Waals surface area contributed by atoms with Gasteiger partial charge in [0.1, 0.15) is 18.1 Å². The molecule has 3 heterocycles. The summed E-state index contributed by atoms with van der Waals surface area (Å²) in [5, 5.41) is 13.1. The Labute approximate surface area is 236 Å². The maximum atomic E-state index is 14.4. The second-order valence-electron chi connectivity index (χ2n) is 13.0. The zero-order valence-electron chi connectivity index (χ0n) is 24.3. The molecule has 2 aromatic carbocycles. The third-order valence-electron chi connectivity index (χ3n) is 8.68. The van der Waals surface area contributed by atoms with E-state index >= 15 is 0 Å². The highest BCUT2D eigenvalue weighted by molar-refractivity contribution is 6.07. The maximum Gasteiger partial charge on any atom is 0.246 e. The molecule has 1 N–H and O–H groups in total. The molecule has 3 aliphatic rings. The number of nitriles is 1. The fourth-order valence-electron chi connectivity index (χ4n) is 6.79. The minimum atomic E-state index is -0.969. The molecular weight excluding hydrogens is 502 g/mol. The van der Waals surface area contributed by atoms with Crippen LogP contribution in [0.1, 0.15) is 58.6 Å². The predicted molar refractivity (Wildman–Crippen MR) is 155 cm³/mol. The molecule has 0 unspecified atom stereocenters. The number of hydrogen-bond acceptors (Lipinski definition) is 5. The Balaban J connectivity index is 1.46. The first-order chi connectivity index (χ1) is 18.9. The van der Waals surface area contributed by atoms with Crippen molar-refractivity contribution < 1.29 is 14.4 Å². The van der Waals surface area contributed by atoms with E-state index in [1.54, 1.807) is 16.8 Å². The van der Waals surface area contributed by atoms with Gasteiger partial charge in [-0.2, -0.15) is 5.26 Å². The Hall–Kier alpha value is -3.86. The average Bonchev–Trinajstić information content (AvgIpc) is 3.58. The summed E-state index contributed by atoms with van der Waals surface area (Å²) >= 11 is 0. The third-order valence-corrected chi connectivity index (χ3v) is 8.68. The number of rotatable bonds is 5. The lowest BCUT2D eigenvalue weighted by molar-refractivity contribution is -0.146. The van der Waals surface area contributed by atoms with E-state index in [0.29, 0.717) is 12.8 Å². The monoisotopic (exact) mass is 541 g/mol. The number of carbonyl (C=O) groups is 3. The van der Waals surface area contributed by atoms with Crippen molar-refractivity contribution >= 4 is 29.1 Å². The fraction of sp³-hybridized carbons (Fsp3) is 0.500. The van der Waals surface area contributed by atoms with Gasteiger partial charge in [-0.05, 0) is 48.9 Å². The summed E-state index contributed by atoms with van der Waals surface area (Å²) in [4.78, 5) is 47.1. The van der Waals surface area contributed by atoms with Gasteiger partial charge in [-0.1, -0.05) is 57.2 Å². The second-order valence-corrected chi connectivity index (χ2v) is 13.0. The average molecular weight is 542 g/mol. The summed E-state index contributed by atoms with van der Waals surface area (Å²) in [5.41, 5.74) is 2.50. The zero-order valence-corrected chi connectivity index (χ0v) is 24.3. The number of fused-ring (bicyclic) bond motifs is 3. The smallest absolute Gasteiger partial charge is 0.246 e. The summed E-state index contributed by atoms with van der Waals surface area (Å²) < 4.78 is 0. The van der Waals surface area contributed by atoms with E-state index in [2.05, 4.69) is 36.2 Å². The van der Waals surface area contributed by atoms with Crippen molar-refractivity contribution in [1.82, 2.24) is 9.80 Å². The summed E-state index contributed by atoms with van der Waals surface area (Å²) in [6.07, 6.45) is 1.25. The van der Waals surface area contributed by atoms with Crippen molar-refractivity contribution in [3.05, 3.63) is 59.7 Å². The van der Waals surface area contributed by atoms with Crippen LogP contribution in [0.15, 0.2) is 48.5 Å². The highest BCUT2D eigenvalue weighted by Gasteiger charge is 2.57. The summed E-state index contributed by atoms with van der Waals surface area (Å²) in [6.45, 7) is 10.4. The molecule has 8 nitrogen and oxygen atoms in total. The first-order valence-corrected chi connectivity index (χ1v) is 14.1. The van der Waals surface area contributed by atoms with Crippen molar-refractivity contribution in [1.29, 1.82) is 5.26 Å². The van der Waals surface area contributed by atoms with Crippen molar-refractivity contribution in [3.63, 3.8) is 0 Å². The molecular formula is C32H39N5O3. The molecule has 0 aliphatic carbocycles. The van der Waals surface area contributed by atoms with E-state index in [1.165, 1.54) is 0 Å². The van der Waals surface area contributed by atoms with E-state index in [1.807, 2.05) is 63.2 Å². The molecule has 0 aromatic heterocycles. The number of carbonyl (C=O) groups excluding carboxylic acids is 3. The van der Waals surface area contributed by atoms with Gasteiger partial charge in [0.15, 0.2) is 0 Å². The molecule has 4 atom stereocenters. The lowest BCUT2D eigenvalue weighted by Gasteiger charge is -2.39. The molecule has 40 heavy (non-hydrogen) atoms. The normalized spacial score (nSPS) is 24.1. The summed E-state index contributed by atoms with van der Waals surface area (Å²) in [5.74, 6) is -0.575. The van der Waals surface area contributed by atoms with Crippen LogP contribution in [0.5, 0.6) is 0 Å². The first-order valence-electron chi connectivity index (χ1n) is 14.1. The number of nitrogens with zero attached hydrogens (tertiary/aromatic N) is 4. The van der Waals surface area contributed by atoms with Crippen LogP contribution in [0.3, 0.4) is 0 Å². The Morgan fingerprint density at radius 2 is 1.82 bits per heavy atom. The standard InChI is InChI=1S/C32H39N5O3/c1-20(2)37-25-14-10-7-11-21(25)15-26(37)28(38)35(6)27(17-31(3,4)5)29(39)36-19-32(16-22(36)18-33)23-12-8-9-13-24(23)34-30(32)40/h7-14,20,22,26-27H,15-17,19H2,1-6H3,(H,34,40)/t22-,26-,27-,32-/m0/s1. The molecule has 0 bridgehead atoms. The van der Waals surface area contributed by atoms with E-state index in [9.17, 15) is 19.6 Å². The lowest BCUT2D eigenvalue weighted by atomic mass is 9.80. The van der Waals surface area contributed by atoms with Crippen molar-refractivity contribution in [2.75, 3.05) is 23.8 Å². The number of likely N-dealkylation sites (tertiary alicyclic amines) is 1. The van der Waals surface area contributed by atoms with Crippen LogP contribution in [0, 0.1) is 16.7 Å². The molecule has 3 amide bonds. The van der Waals surface area contributed by atoms with Crippen LogP contribution < -0.4 is 10.2 Å². The number of anilines is 2. The van der Waals surface area contributed by atoms with Crippen LogP contribution in [-0.2, 0) is 26.2 Å². The molecule has 0 radical (unpaired) electrons. The van der Waals surface area contributed by atoms with Gasteiger partial charge >= 0.3 is 0 Å². The van der Waals surface area contributed by atoms with E-state index in [0.717, 1.165) is 22.5 Å². The van der Waals surface area contributed by atoms with E-state index in [4.69, 9.17) is 0 Å². The second kappa shape index (κ2) is 9.96. The van der Waals surface area contributed by atoms with Gasteiger partial charge in [0, 0.05) is 43.9 Å². The zero-order chi connectivity index (χ0) is 29.0. The van der Waals surface area contributed by atoms with Crippen LogP contribution in [0.2, 0.25) is 0 Å². The van der Waals surface area contributed by atoms with Gasteiger partial charge in [0.25, 0.3) is 0 Å². The highest BCUT2D eigenvalue weighted by Crippen LogP contribution is 2.46. The van der Waals surface area contributed by atoms with Crippen LogP contribution >= 0.6 is 0 Å². The Bertz CT molecular complexity index is 1390. The molecule has 1 fully saturated rings. The van der Waals surface area contributed by atoms with Gasteiger partial charge in [0.05, 0.1) is 11.5 Å². The SMILES string of the molecule is CC(C)N1c2ccccc2C[C@H]1C(=O)N(C)[C@@H](CC(C)(C)C)C(=O)N1C[C@]2(C[C@H]1C#N)C(=O)Nc1ccccc12. The molecule has 0 saturated carbocycles. The van der Waals surface area contributed by atoms with Gasteiger partial charge in [-0.3, -0.25) is 14.4 Å². The summed E-state index contributed by atoms with van der Waals surface area (Å²) in [6, 6.07) is 16.0. The minimum Gasteiger partial charge on any atom is -0.357 e. The molecule has 3 aliphatic heterocycles. The van der Waals surface area contributed by atoms with Gasteiger partial charge in [-0.15, -0.1) is 0 Å². The predicted octanol–water partition coefficient (Wildman–Crippen LogP) is 4.10. The van der Waals surface area contributed by atoms with Gasteiger partial charge in [-0.25, -0.2) is 0 Å². The Morgan fingerprint density at radius 3 is 2.50 bits per heavy atom. The number of hydrogen-bond donors (Lipinski definition) is 1. The Kier molecular flexibility index (Phi) is 6.89. The van der Waals surface area contributed by atoms with Crippen LogP contribution in [0.4, 0.5) is 11.4 Å². The van der Waals surface area contributed by atoms with Gasteiger partial charge in [0.2, 0.25) is 17.7 Å². The number of benzene rings is 2. The molecule has 5 rings (SSSR count). The summed E-state index contributed by atoms with van der Waals surface area (Å²) in [7, 11) is 1.71. The third kappa shape index (κ3) is 4.51. The molecule has 8 heteroatoms. The quantitative estimate of drug-likeness (QED) is 0.615.